The van der Waals surface area contributed by atoms with Crippen molar-refractivity contribution in [2.24, 2.45) is 0 Å². The number of hydrogen-bond donors (Lipinski definition) is 0. The monoisotopic (exact) mass is 236 g/mol. The third kappa shape index (κ3) is 1.61. The van der Waals surface area contributed by atoms with Crippen LogP contribution in [0.1, 0.15) is 0 Å². The van der Waals surface area contributed by atoms with Crippen molar-refractivity contribution in [1.82, 2.24) is 9.97 Å². The molecule has 2 nitrogen and oxygen atoms in total. The number of hydrogen-bond acceptors (Lipinski definition) is 4. The molecule has 0 N–H and O–H groups in total. The molecule has 2 rings (SSSR count). The van der Waals surface area contributed by atoms with Gasteiger partial charge in [0.25, 0.3) is 0 Å². The first-order valence-corrected chi connectivity index (χ1v) is 5.43. The van der Waals surface area contributed by atoms with Gasteiger partial charge in [0.05, 0.1) is 10.6 Å². The van der Waals surface area contributed by atoms with Crippen molar-refractivity contribution in [3.05, 3.63) is 20.5 Å². The molecule has 0 aromatic carbocycles. The van der Waals surface area contributed by atoms with Crippen molar-refractivity contribution >= 4 is 45.9 Å². The molecular weight excluding hydrogens is 235 g/mol. The quantitative estimate of drug-likeness (QED) is 0.757. The molecule has 0 bridgehead atoms. The standard InChI is InChI=1S/C6H2Cl2N2S2/c7-5-9-1-4(12-5)3-2-11-6(8)10-3/h1-2H. The van der Waals surface area contributed by atoms with Crippen LogP contribution in [0.2, 0.25) is 8.93 Å². The predicted molar refractivity (Wildman–Crippen MR) is 53.2 cm³/mol. The zero-order valence-corrected chi connectivity index (χ0v) is 8.77. The third-order valence-corrected chi connectivity index (χ3v) is 3.32. The van der Waals surface area contributed by atoms with Crippen LogP contribution in [-0.2, 0) is 0 Å². The van der Waals surface area contributed by atoms with Gasteiger partial charge in [0.15, 0.2) is 8.93 Å². The van der Waals surface area contributed by atoms with E-state index in [1.807, 2.05) is 5.38 Å². The Hall–Kier alpha value is -0.160. The van der Waals surface area contributed by atoms with Crippen LogP contribution in [0.4, 0.5) is 0 Å². The van der Waals surface area contributed by atoms with Crippen molar-refractivity contribution in [2.75, 3.05) is 0 Å². The molecular formula is C6H2Cl2N2S2. The molecule has 0 aliphatic heterocycles. The van der Waals surface area contributed by atoms with E-state index in [1.54, 1.807) is 6.20 Å². The molecule has 6 heteroatoms. The molecule has 0 atom stereocenters. The Morgan fingerprint density at radius 1 is 1.25 bits per heavy atom. The van der Waals surface area contributed by atoms with Gasteiger partial charge in [-0.05, 0) is 0 Å². The fraction of sp³-hybridized carbons (Fsp3) is 0. The average molecular weight is 237 g/mol. The van der Waals surface area contributed by atoms with Crippen molar-refractivity contribution in [2.45, 2.75) is 0 Å². The highest BCUT2D eigenvalue weighted by Crippen LogP contribution is 2.30. The maximum atomic E-state index is 5.68. The highest BCUT2D eigenvalue weighted by Gasteiger charge is 2.05. The Bertz CT molecular complexity index is 357. The Morgan fingerprint density at radius 2 is 2.08 bits per heavy atom. The van der Waals surface area contributed by atoms with Crippen LogP contribution in [0.3, 0.4) is 0 Å². The van der Waals surface area contributed by atoms with Crippen LogP contribution in [-0.4, -0.2) is 9.97 Å². The summed E-state index contributed by atoms with van der Waals surface area (Å²) in [6, 6.07) is 0. The van der Waals surface area contributed by atoms with Gasteiger partial charge in [-0.15, -0.1) is 22.7 Å². The normalized spacial score (nSPS) is 10.5. The second-order valence-electron chi connectivity index (χ2n) is 1.96. The van der Waals surface area contributed by atoms with Crippen LogP contribution in [0.15, 0.2) is 11.6 Å². The number of aromatic nitrogens is 2. The van der Waals surface area contributed by atoms with E-state index in [2.05, 4.69) is 9.97 Å². The van der Waals surface area contributed by atoms with Crippen LogP contribution >= 0.6 is 45.9 Å². The van der Waals surface area contributed by atoms with Crippen molar-refractivity contribution < 1.29 is 0 Å². The summed E-state index contributed by atoms with van der Waals surface area (Å²) in [5, 5.41) is 1.88. The van der Waals surface area contributed by atoms with Crippen LogP contribution < -0.4 is 0 Å². The molecule has 0 spiro atoms. The van der Waals surface area contributed by atoms with Crippen molar-refractivity contribution in [3.63, 3.8) is 0 Å². The van der Waals surface area contributed by atoms with E-state index < -0.39 is 0 Å². The van der Waals surface area contributed by atoms with E-state index >= 15 is 0 Å². The molecule has 0 aliphatic rings. The van der Waals surface area contributed by atoms with Gasteiger partial charge in [0.1, 0.15) is 0 Å². The summed E-state index contributed by atoms with van der Waals surface area (Å²) in [6.07, 6.45) is 1.69. The molecule has 0 saturated heterocycles. The van der Waals surface area contributed by atoms with Crippen molar-refractivity contribution in [3.8, 4) is 10.6 Å². The second kappa shape index (κ2) is 3.30. The predicted octanol–water partition coefficient (Wildman–Crippen LogP) is 3.57. The maximum Gasteiger partial charge on any atom is 0.184 e. The molecule has 2 heterocycles. The van der Waals surface area contributed by atoms with Gasteiger partial charge >= 0.3 is 0 Å². The van der Waals surface area contributed by atoms with Gasteiger partial charge in [-0.2, -0.15) is 0 Å². The van der Waals surface area contributed by atoms with Gasteiger partial charge in [-0.1, -0.05) is 23.2 Å². The average Bonchev–Trinajstić information content (AvgIpc) is 2.58. The molecule has 2 aromatic rings. The molecule has 0 aliphatic carbocycles. The molecule has 62 valence electrons. The third-order valence-electron chi connectivity index (χ3n) is 1.21. The fourth-order valence-electron chi connectivity index (χ4n) is 0.736. The first-order chi connectivity index (χ1) is 5.75. The maximum absolute atomic E-state index is 5.68. The fourth-order valence-corrected chi connectivity index (χ4v) is 2.47. The Labute approximate surface area is 86.8 Å². The summed E-state index contributed by atoms with van der Waals surface area (Å²) in [4.78, 5) is 8.95. The Balaban J connectivity index is 2.43. The second-order valence-corrected chi connectivity index (χ2v) is 5.02. The summed E-state index contributed by atoms with van der Waals surface area (Å²) in [7, 11) is 0. The highest BCUT2D eigenvalue weighted by atomic mass is 35.5. The van der Waals surface area contributed by atoms with Gasteiger partial charge in [0.2, 0.25) is 0 Å². The minimum atomic E-state index is 0.522. The lowest BCUT2D eigenvalue weighted by Gasteiger charge is -1.83. The lowest BCUT2D eigenvalue weighted by Crippen LogP contribution is -1.68. The van der Waals surface area contributed by atoms with Gasteiger partial charge in [-0.3, -0.25) is 0 Å². The first-order valence-electron chi connectivity index (χ1n) is 2.98. The molecule has 2 aromatic heterocycles. The van der Waals surface area contributed by atoms with Gasteiger partial charge in [0, 0.05) is 11.6 Å². The van der Waals surface area contributed by atoms with E-state index in [0.717, 1.165) is 10.6 Å². The van der Waals surface area contributed by atoms with Crippen LogP contribution in [0.25, 0.3) is 10.6 Å². The summed E-state index contributed by atoms with van der Waals surface area (Å²) in [6.45, 7) is 0. The smallest absolute Gasteiger partial charge is 0.184 e. The minimum Gasteiger partial charge on any atom is -0.233 e. The summed E-state index contributed by atoms with van der Waals surface area (Å²) >= 11 is 14.1. The molecule has 0 fully saturated rings. The van der Waals surface area contributed by atoms with Crippen LogP contribution in [0, 0.1) is 0 Å². The van der Waals surface area contributed by atoms with E-state index in [1.165, 1.54) is 22.7 Å². The Kier molecular flexibility index (Phi) is 2.32. The van der Waals surface area contributed by atoms with Crippen LogP contribution in [0.5, 0.6) is 0 Å². The van der Waals surface area contributed by atoms with Crippen molar-refractivity contribution in [1.29, 1.82) is 0 Å². The number of thiazole rings is 2. The Morgan fingerprint density at radius 3 is 2.58 bits per heavy atom. The molecule has 12 heavy (non-hydrogen) atoms. The lowest BCUT2D eigenvalue weighted by molar-refractivity contribution is 1.39. The number of rotatable bonds is 1. The first kappa shape index (κ1) is 8.44. The van der Waals surface area contributed by atoms with E-state index in [0.29, 0.717) is 8.93 Å². The number of nitrogens with zero attached hydrogens (tertiary/aromatic N) is 2. The van der Waals surface area contributed by atoms with E-state index in [-0.39, 0.29) is 0 Å². The number of halogens is 2. The topological polar surface area (TPSA) is 25.8 Å². The minimum absolute atomic E-state index is 0.522. The summed E-state index contributed by atoms with van der Waals surface area (Å²) < 4.78 is 1.06. The largest absolute Gasteiger partial charge is 0.233 e. The van der Waals surface area contributed by atoms with E-state index in [4.69, 9.17) is 23.2 Å². The molecule has 0 amide bonds. The highest BCUT2D eigenvalue weighted by molar-refractivity contribution is 7.19. The lowest BCUT2D eigenvalue weighted by atomic mass is 10.4. The summed E-state index contributed by atoms with van der Waals surface area (Å²) in [5.41, 5.74) is 0.842. The SMILES string of the molecule is Clc1nc(-c2cnc(Cl)s2)cs1. The molecule has 0 radical (unpaired) electrons. The summed E-state index contributed by atoms with van der Waals surface area (Å²) in [5.74, 6) is 0. The molecule has 0 saturated carbocycles. The van der Waals surface area contributed by atoms with Gasteiger partial charge in [-0.25, -0.2) is 9.97 Å². The van der Waals surface area contributed by atoms with E-state index in [9.17, 15) is 0 Å². The molecule has 0 unspecified atom stereocenters. The zero-order valence-electron chi connectivity index (χ0n) is 5.62. The zero-order chi connectivity index (χ0) is 8.55. The van der Waals surface area contributed by atoms with Gasteiger partial charge < -0.3 is 0 Å².